The molecular weight excluding hydrogens is 431 g/mol. The fourth-order valence-corrected chi connectivity index (χ4v) is 5.03. The van der Waals surface area contributed by atoms with Crippen molar-refractivity contribution in [3.8, 4) is 16.8 Å². The van der Waals surface area contributed by atoms with Crippen molar-refractivity contribution in [2.45, 2.75) is 37.8 Å². The highest BCUT2D eigenvalue weighted by molar-refractivity contribution is 5.76. The Hall–Kier alpha value is -3.58. The highest BCUT2D eigenvalue weighted by Crippen LogP contribution is 2.29. The van der Waals surface area contributed by atoms with Crippen LogP contribution in [0.4, 0.5) is 4.39 Å². The lowest BCUT2D eigenvalue weighted by atomic mass is 9.90. The van der Waals surface area contributed by atoms with Gasteiger partial charge in [-0.25, -0.2) is 18.7 Å². The van der Waals surface area contributed by atoms with Crippen LogP contribution in [0.25, 0.3) is 27.8 Å². The van der Waals surface area contributed by atoms with E-state index in [-0.39, 0.29) is 17.1 Å². The van der Waals surface area contributed by atoms with Crippen molar-refractivity contribution in [3.63, 3.8) is 0 Å². The Morgan fingerprint density at radius 2 is 1.62 bits per heavy atom. The van der Waals surface area contributed by atoms with Gasteiger partial charge >= 0.3 is 5.69 Å². The molecule has 1 fully saturated rings. The maximum Gasteiger partial charge on any atom is 0.337 e. The average Bonchev–Trinajstić information content (AvgIpc) is 2.86. The van der Waals surface area contributed by atoms with Gasteiger partial charge < -0.3 is 4.90 Å². The molecule has 0 atom stereocenters. The van der Waals surface area contributed by atoms with Crippen LogP contribution in [0.2, 0.25) is 0 Å². The molecule has 2 heterocycles. The number of hydrogen-bond acceptors (Lipinski definition) is 4. The Kier molecular flexibility index (Phi) is 5.87. The van der Waals surface area contributed by atoms with E-state index in [1.54, 1.807) is 0 Å². The molecule has 1 saturated carbocycles. The van der Waals surface area contributed by atoms with Crippen LogP contribution in [0.1, 0.15) is 31.7 Å². The van der Waals surface area contributed by atoms with Gasteiger partial charge in [0.25, 0.3) is 5.56 Å². The second-order valence-electron chi connectivity index (χ2n) is 9.16. The topological polar surface area (TPSA) is 60.1 Å². The third-order valence-electron chi connectivity index (χ3n) is 6.86. The van der Waals surface area contributed by atoms with Gasteiger partial charge in [-0.15, -0.1) is 0 Å². The van der Waals surface area contributed by atoms with E-state index in [1.807, 2.05) is 68.7 Å². The van der Waals surface area contributed by atoms with Gasteiger partial charge in [0, 0.05) is 12.1 Å². The molecule has 0 saturated heterocycles. The van der Waals surface area contributed by atoms with Crippen LogP contribution in [0.3, 0.4) is 0 Å². The van der Waals surface area contributed by atoms with Crippen molar-refractivity contribution in [3.05, 3.63) is 93.5 Å². The summed E-state index contributed by atoms with van der Waals surface area (Å²) in [5.41, 5.74) is 1.79. The fraction of sp³-hybridized carbons (Fsp3) is 0.296. The average molecular weight is 459 g/mol. The lowest BCUT2D eigenvalue weighted by Gasteiger charge is -2.33. The minimum Gasteiger partial charge on any atom is -0.306 e. The predicted octanol–water partition coefficient (Wildman–Crippen LogP) is 4.40. The molecule has 0 N–H and O–H groups in total. The van der Waals surface area contributed by atoms with Crippen molar-refractivity contribution in [2.75, 3.05) is 14.1 Å². The van der Waals surface area contributed by atoms with Crippen LogP contribution in [-0.4, -0.2) is 39.2 Å². The zero-order chi connectivity index (χ0) is 23.8. The fourth-order valence-electron chi connectivity index (χ4n) is 5.03. The van der Waals surface area contributed by atoms with Gasteiger partial charge in [-0.3, -0.25) is 9.36 Å². The second-order valence-corrected chi connectivity index (χ2v) is 9.16. The zero-order valence-electron chi connectivity index (χ0n) is 19.3. The van der Waals surface area contributed by atoms with Crippen molar-refractivity contribution in [1.82, 2.24) is 19.0 Å². The van der Waals surface area contributed by atoms with Crippen LogP contribution in [0.5, 0.6) is 0 Å². The van der Waals surface area contributed by atoms with E-state index in [2.05, 4.69) is 9.88 Å². The normalized spacial score (nSPS) is 18.5. The number of nitrogens with zero attached hydrogens (tertiary/aromatic N) is 4. The van der Waals surface area contributed by atoms with Gasteiger partial charge in [0.15, 0.2) is 5.65 Å². The van der Waals surface area contributed by atoms with E-state index >= 15 is 0 Å². The summed E-state index contributed by atoms with van der Waals surface area (Å²) in [6, 6.07) is 18.8. The molecule has 174 valence electrons. The number of benzene rings is 2. The van der Waals surface area contributed by atoms with E-state index in [4.69, 9.17) is 0 Å². The van der Waals surface area contributed by atoms with Crippen molar-refractivity contribution < 1.29 is 4.39 Å². The Labute approximate surface area is 196 Å². The van der Waals surface area contributed by atoms with Crippen LogP contribution in [-0.2, 0) is 0 Å². The van der Waals surface area contributed by atoms with Gasteiger partial charge in [0.2, 0.25) is 0 Å². The molecule has 2 aromatic carbocycles. The smallest absolute Gasteiger partial charge is 0.306 e. The number of aromatic nitrogens is 3. The summed E-state index contributed by atoms with van der Waals surface area (Å²) in [6.07, 6.45) is 4.27. The number of pyridine rings is 1. The van der Waals surface area contributed by atoms with Gasteiger partial charge in [-0.1, -0.05) is 42.5 Å². The molecule has 0 radical (unpaired) electrons. The Morgan fingerprint density at radius 3 is 2.32 bits per heavy atom. The van der Waals surface area contributed by atoms with E-state index in [0.717, 1.165) is 43.0 Å². The molecule has 6 nitrogen and oxygen atoms in total. The minimum atomic E-state index is -0.601. The van der Waals surface area contributed by atoms with Gasteiger partial charge in [0.1, 0.15) is 5.82 Å². The second kappa shape index (κ2) is 8.99. The summed E-state index contributed by atoms with van der Waals surface area (Å²) in [5.74, 6) is -0.601. The first-order valence-corrected chi connectivity index (χ1v) is 11.6. The quantitative estimate of drug-likeness (QED) is 0.455. The standard InChI is InChI=1S/C27H27FN4O2/c1-30(2)21-11-13-22(14-12-21)32-26(33)24-16-20(28)17-29-25(24)31(27(32)34)23-10-6-9-19(15-23)18-7-4-3-5-8-18/h3-10,15-17,21-22H,11-14H2,1-2H3. The van der Waals surface area contributed by atoms with Crippen molar-refractivity contribution >= 4 is 11.0 Å². The number of fused-ring (bicyclic) bond motifs is 1. The van der Waals surface area contributed by atoms with Crippen LogP contribution < -0.4 is 11.2 Å². The van der Waals surface area contributed by atoms with Crippen molar-refractivity contribution in [1.29, 1.82) is 0 Å². The summed E-state index contributed by atoms with van der Waals surface area (Å²) in [5, 5.41) is 0.111. The zero-order valence-corrected chi connectivity index (χ0v) is 19.3. The molecule has 34 heavy (non-hydrogen) atoms. The molecule has 0 spiro atoms. The molecule has 1 aliphatic carbocycles. The third kappa shape index (κ3) is 3.96. The Balaban J connectivity index is 1.70. The molecule has 0 unspecified atom stereocenters. The maximum absolute atomic E-state index is 14.1. The highest BCUT2D eigenvalue weighted by atomic mass is 19.1. The van der Waals surface area contributed by atoms with Gasteiger partial charge in [0.05, 0.1) is 17.3 Å². The molecule has 5 rings (SSSR count). The lowest BCUT2D eigenvalue weighted by molar-refractivity contribution is 0.191. The van der Waals surface area contributed by atoms with E-state index in [1.165, 1.54) is 15.2 Å². The largest absolute Gasteiger partial charge is 0.337 e. The molecule has 0 bridgehead atoms. The third-order valence-corrected chi connectivity index (χ3v) is 6.86. The van der Waals surface area contributed by atoms with E-state index in [9.17, 15) is 14.0 Å². The lowest BCUT2D eigenvalue weighted by Crippen LogP contribution is -2.44. The SMILES string of the molecule is CN(C)C1CCC(n2c(=O)c3cc(F)cnc3n(-c3cccc(-c4ccccc4)c3)c2=O)CC1. The monoisotopic (exact) mass is 458 g/mol. The van der Waals surface area contributed by atoms with E-state index < -0.39 is 17.1 Å². The first kappa shape index (κ1) is 22.2. The first-order chi connectivity index (χ1) is 16.4. The van der Waals surface area contributed by atoms with Crippen LogP contribution in [0, 0.1) is 5.82 Å². The van der Waals surface area contributed by atoms with Crippen LogP contribution in [0.15, 0.2) is 76.4 Å². The molecule has 7 heteroatoms. The Morgan fingerprint density at radius 1 is 0.912 bits per heavy atom. The van der Waals surface area contributed by atoms with Crippen LogP contribution >= 0.6 is 0 Å². The van der Waals surface area contributed by atoms with Gasteiger partial charge in [-0.05, 0) is 69.1 Å². The summed E-state index contributed by atoms with van der Waals surface area (Å²) < 4.78 is 16.9. The van der Waals surface area contributed by atoms with Gasteiger partial charge in [-0.2, -0.15) is 0 Å². The summed E-state index contributed by atoms with van der Waals surface area (Å²) in [4.78, 5) is 33.6. The maximum atomic E-state index is 14.1. The first-order valence-electron chi connectivity index (χ1n) is 11.6. The summed E-state index contributed by atoms with van der Waals surface area (Å²) in [7, 11) is 4.10. The minimum absolute atomic E-state index is 0.111. The number of rotatable bonds is 4. The molecular formula is C27H27FN4O2. The molecule has 0 amide bonds. The summed E-state index contributed by atoms with van der Waals surface area (Å²) in [6.45, 7) is 0. The molecule has 0 aliphatic heterocycles. The highest BCUT2D eigenvalue weighted by Gasteiger charge is 2.28. The molecule has 2 aromatic heterocycles. The Bertz CT molecular complexity index is 1450. The molecule has 4 aromatic rings. The molecule has 1 aliphatic rings. The number of hydrogen-bond donors (Lipinski definition) is 0. The predicted molar refractivity (Wildman–Crippen MR) is 132 cm³/mol. The van der Waals surface area contributed by atoms with E-state index in [0.29, 0.717) is 11.7 Å². The van der Waals surface area contributed by atoms with Crippen molar-refractivity contribution in [2.24, 2.45) is 0 Å². The summed E-state index contributed by atoms with van der Waals surface area (Å²) >= 11 is 0. The number of halogens is 1.